The van der Waals surface area contributed by atoms with Crippen LogP contribution >= 0.6 is 0 Å². The number of benzene rings is 1. The number of nitrogens with zero attached hydrogens (tertiary/aromatic N) is 1. The van der Waals surface area contributed by atoms with Gasteiger partial charge in [-0.1, -0.05) is 0 Å². The fourth-order valence-corrected chi connectivity index (χ4v) is 4.32. The van der Waals surface area contributed by atoms with E-state index < -0.39 is 6.10 Å². The fourth-order valence-electron chi connectivity index (χ4n) is 4.32. The molecule has 0 radical (unpaired) electrons. The van der Waals surface area contributed by atoms with Crippen molar-refractivity contribution in [2.24, 2.45) is 11.8 Å². The number of methoxy groups -OCH3 is 2. The number of fused-ring (bicyclic) bond motifs is 1. The molecule has 4 atom stereocenters. The summed E-state index contributed by atoms with van der Waals surface area (Å²) in [6.45, 7) is 4.26. The van der Waals surface area contributed by atoms with E-state index in [9.17, 15) is 9.90 Å². The molecule has 1 saturated heterocycles. The lowest BCUT2D eigenvalue weighted by atomic mass is 9.77. The summed E-state index contributed by atoms with van der Waals surface area (Å²) in [6, 6.07) is 5.74. The molecule has 2 fully saturated rings. The second-order valence-electron chi connectivity index (χ2n) is 7.24. The number of aliphatic hydroxyl groups excluding tert-OH is 1. The smallest absolute Gasteiger partial charge is 0.217 e. The van der Waals surface area contributed by atoms with Crippen LogP contribution in [-0.4, -0.2) is 55.4 Å². The summed E-state index contributed by atoms with van der Waals surface area (Å²) >= 11 is 0. The van der Waals surface area contributed by atoms with Gasteiger partial charge in [-0.05, 0) is 42.9 Å². The van der Waals surface area contributed by atoms with E-state index in [1.54, 1.807) is 14.2 Å². The van der Waals surface area contributed by atoms with Gasteiger partial charge in [0, 0.05) is 32.1 Å². The minimum absolute atomic E-state index is 0.0709. The minimum Gasteiger partial charge on any atom is -0.497 e. The Bertz CT molecular complexity index is 621. The molecular weight excluding hydrogens is 320 g/mol. The third kappa shape index (κ3) is 4.07. The molecule has 0 unspecified atom stereocenters. The fraction of sp³-hybridized carbons (Fsp3) is 0.632. The lowest BCUT2D eigenvalue weighted by Crippen LogP contribution is -2.48. The zero-order valence-electron chi connectivity index (χ0n) is 15.2. The molecule has 2 aliphatic rings. The van der Waals surface area contributed by atoms with Crippen LogP contribution in [0.4, 0.5) is 0 Å². The van der Waals surface area contributed by atoms with Crippen LogP contribution in [0, 0.1) is 11.8 Å². The first kappa shape index (κ1) is 18.0. The summed E-state index contributed by atoms with van der Waals surface area (Å²) in [6.07, 6.45) is 1.15. The van der Waals surface area contributed by atoms with E-state index >= 15 is 0 Å². The molecular formula is C19H28N2O4. The van der Waals surface area contributed by atoms with Gasteiger partial charge in [-0.25, -0.2) is 0 Å². The first-order chi connectivity index (χ1) is 12.0. The van der Waals surface area contributed by atoms with Gasteiger partial charge in [0.2, 0.25) is 5.91 Å². The zero-order chi connectivity index (χ0) is 18.0. The highest BCUT2D eigenvalue weighted by molar-refractivity contribution is 5.73. The molecule has 1 aromatic carbocycles. The van der Waals surface area contributed by atoms with Gasteiger partial charge in [-0.15, -0.1) is 0 Å². The van der Waals surface area contributed by atoms with Crippen LogP contribution in [0.1, 0.15) is 25.3 Å². The number of nitrogens with one attached hydrogen (secondary N) is 1. The average molecular weight is 348 g/mol. The number of ether oxygens (including phenoxy) is 2. The molecule has 0 aromatic heterocycles. The Morgan fingerprint density at radius 2 is 1.96 bits per heavy atom. The third-order valence-electron chi connectivity index (χ3n) is 5.49. The number of hydrogen-bond donors (Lipinski definition) is 2. The van der Waals surface area contributed by atoms with Crippen molar-refractivity contribution in [1.29, 1.82) is 0 Å². The van der Waals surface area contributed by atoms with Crippen molar-refractivity contribution in [3.8, 4) is 11.5 Å². The van der Waals surface area contributed by atoms with Gasteiger partial charge in [-0.3, -0.25) is 9.69 Å². The van der Waals surface area contributed by atoms with Gasteiger partial charge < -0.3 is 19.9 Å². The minimum atomic E-state index is -0.448. The van der Waals surface area contributed by atoms with Gasteiger partial charge in [-0.2, -0.15) is 0 Å². The van der Waals surface area contributed by atoms with Crippen molar-refractivity contribution < 1.29 is 19.4 Å². The van der Waals surface area contributed by atoms with Gasteiger partial charge in [0.25, 0.3) is 0 Å². The number of rotatable bonds is 5. The monoisotopic (exact) mass is 348 g/mol. The normalized spacial score (nSPS) is 29.1. The third-order valence-corrected chi connectivity index (χ3v) is 5.49. The summed E-state index contributed by atoms with van der Waals surface area (Å²) in [7, 11) is 3.35. The van der Waals surface area contributed by atoms with Gasteiger partial charge in [0.1, 0.15) is 11.5 Å². The van der Waals surface area contributed by atoms with E-state index in [0.717, 1.165) is 49.5 Å². The summed E-state index contributed by atoms with van der Waals surface area (Å²) in [5, 5.41) is 13.2. The van der Waals surface area contributed by atoms with Gasteiger partial charge in [0.05, 0.1) is 26.4 Å². The van der Waals surface area contributed by atoms with E-state index in [2.05, 4.69) is 10.2 Å². The zero-order valence-corrected chi connectivity index (χ0v) is 15.2. The molecule has 1 aliphatic carbocycles. The Morgan fingerprint density at radius 1 is 1.24 bits per heavy atom. The van der Waals surface area contributed by atoms with Crippen molar-refractivity contribution in [3.05, 3.63) is 23.8 Å². The Balaban J connectivity index is 1.66. The molecule has 1 aliphatic heterocycles. The molecule has 138 valence electrons. The highest BCUT2D eigenvalue weighted by Crippen LogP contribution is 2.38. The average Bonchev–Trinajstić information content (AvgIpc) is 2.95. The highest BCUT2D eigenvalue weighted by atomic mass is 16.5. The van der Waals surface area contributed by atoms with Crippen LogP contribution in [0.2, 0.25) is 0 Å². The molecule has 6 heteroatoms. The molecule has 3 rings (SSSR count). The summed E-state index contributed by atoms with van der Waals surface area (Å²) in [5.41, 5.74) is 1.11. The predicted molar refractivity (Wildman–Crippen MR) is 94.6 cm³/mol. The van der Waals surface area contributed by atoms with Crippen molar-refractivity contribution in [2.75, 3.05) is 27.3 Å². The Kier molecular flexibility index (Phi) is 5.49. The molecule has 1 aromatic rings. The molecule has 1 heterocycles. The van der Waals surface area contributed by atoms with Crippen LogP contribution in [0.15, 0.2) is 18.2 Å². The van der Waals surface area contributed by atoms with E-state index in [0.29, 0.717) is 11.8 Å². The number of amides is 1. The van der Waals surface area contributed by atoms with Crippen LogP contribution in [0.25, 0.3) is 0 Å². The molecule has 2 N–H and O–H groups in total. The maximum absolute atomic E-state index is 11.3. The summed E-state index contributed by atoms with van der Waals surface area (Å²) < 4.78 is 10.8. The lowest BCUT2D eigenvalue weighted by molar-refractivity contribution is -0.121. The van der Waals surface area contributed by atoms with Crippen molar-refractivity contribution in [1.82, 2.24) is 10.2 Å². The van der Waals surface area contributed by atoms with E-state index in [1.165, 1.54) is 6.92 Å². The molecule has 25 heavy (non-hydrogen) atoms. The van der Waals surface area contributed by atoms with E-state index in [1.807, 2.05) is 18.2 Å². The molecule has 6 nitrogen and oxygen atoms in total. The number of hydrogen-bond acceptors (Lipinski definition) is 5. The first-order valence-electron chi connectivity index (χ1n) is 8.88. The van der Waals surface area contributed by atoms with Crippen molar-refractivity contribution >= 4 is 5.91 Å². The van der Waals surface area contributed by atoms with E-state index in [4.69, 9.17) is 9.47 Å². The molecule has 0 bridgehead atoms. The maximum Gasteiger partial charge on any atom is 0.217 e. The predicted octanol–water partition coefficient (Wildman–Crippen LogP) is 1.41. The van der Waals surface area contributed by atoms with Crippen molar-refractivity contribution in [3.63, 3.8) is 0 Å². The van der Waals surface area contributed by atoms with Crippen LogP contribution in [0.3, 0.4) is 0 Å². The summed E-state index contributed by atoms with van der Waals surface area (Å²) in [5.74, 6) is 2.62. The molecule has 1 amide bonds. The van der Waals surface area contributed by atoms with Gasteiger partial charge in [0.15, 0.2) is 0 Å². The van der Waals surface area contributed by atoms with Crippen molar-refractivity contribution in [2.45, 2.75) is 38.5 Å². The number of carbonyl (C=O) groups is 1. The lowest BCUT2D eigenvalue weighted by Gasteiger charge is -2.35. The largest absolute Gasteiger partial charge is 0.497 e. The maximum atomic E-state index is 11.3. The topological polar surface area (TPSA) is 71.0 Å². The molecule has 0 spiro atoms. The van der Waals surface area contributed by atoms with Crippen LogP contribution in [-0.2, 0) is 11.3 Å². The van der Waals surface area contributed by atoms with Crippen LogP contribution in [0.5, 0.6) is 11.5 Å². The number of aliphatic hydroxyl groups is 1. The molecule has 1 saturated carbocycles. The second-order valence-corrected chi connectivity index (χ2v) is 7.24. The number of likely N-dealkylation sites (tertiary alicyclic amines) is 1. The highest BCUT2D eigenvalue weighted by Gasteiger charge is 2.41. The second kappa shape index (κ2) is 7.62. The first-order valence-corrected chi connectivity index (χ1v) is 8.88. The SMILES string of the molecule is COc1ccc(OC)c(CN2C[C@H]3C[C@@H](NC(C)=O)[C@H](O)C[C@H]3C2)c1. The number of carbonyl (C=O) groups excluding carboxylic acids is 1. The Morgan fingerprint density at radius 3 is 2.60 bits per heavy atom. The van der Waals surface area contributed by atoms with Crippen LogP contribution < -0.4 is 14.8 Å². The quantitative estimate of drug-likeness (QED) is 0.842. The van der Waals surface area contributed by atoms with E-state index in [-0.39, 0.29) is 11.9 Å². The Hall–Kier alpha value is -1.79. The van der Waals surface area contributed by atoms with Gasteiger partial charge >= 0.3 is 0 Å². The Labute approximate surface area is 149 Å². The summed E-state index contributed by atoms with van der Waals surface area (Å²) in [4.78, 5) is 13.7. The standard InChI is InChI=1S/C19H28N2O4/c1-12(22)20-17-7-13-9-21(10-14(13)8-18(17)23)11-15-6-16(24-2)4-5-19(15)25-3/h4-6,13-14,17-18,23H,7-11H2,1-3H3,(H,20,22)/t13-,14+,17-,18-/m1/s1.